The van der Waals surface area contributed by atoms with Crippen molar-refractivity contribution < 1.29 is 9.90 Å². The van der Waals surface area contributed by atoms with E-state index in [1.807, 2.05) is 31.2 Å². The first kappa shape index (κ1) is 11.5. The van der Waals surface area contributed by atoms with Crippen LogP contribution in [0.5, 0.6) is 0 Å². The van der Waals surface area contributed by atoms with Gasteiger partial charge in [0, 0.05) is 3.57 Å². The van der Waals surface area contributed by atoms with E-state index in [1.165, 1.54) is 0 Å². The molecule has 0 aliphatic carbocycles. The fourth-order valence-electron chi connectivity index (χ4n) is 1.46. The maximum absolute atomic E-state index is 11.0. The molecular weight excluding hydrogens is 291 g/mol. The van der Waals surface area contributed by atoms with Gasteiger partial charge in [0.2, 0.25) is 0 Å². The van der Waals surface area contributed by atoms with Crippen LogP contribution < -0.4 is 0 Å². The van der Waals surface area contributed by atoms with Gasteiger partial charge in [0.25, 0.3) is 0 Å². The lowest BCUT2D eigenvalue weighted by Gasteiger charge is -2.12. The molecule has 0 spiro atoms. The van der Waals surface area contributed by atoms with Crippen molar-refractivity contribution in [3.63, 3.8) is 0 Å². The smallest absolute Gasteiger partial charge is 0.311 e. The zero-order chi connectivity index (χ0) is 10.6. The number of aliphatic carboxylic acids is 1. The van der Waals surface area contributed by atoms with Crippen molar-refractivity contribution in [3.8, 4) is 0 Å². The molecular formula is C11H13IO2. The van der Waals surface area contributed by atoms with Crippen LogP contribution >= 0.6 is 22.6 Å². The minimum absolute atomic E-state index is 0.354. The summed E-state index contributed by atoms with van der Waals surface area (Å²) in [5, 5.41) is 9.08. The highest BCUT2D eigenvalue weighted by atomic mass is 127. The Morgan fingerprint density at radius 1 is 1.50 bits per heavy atom. The number of benzene rings is 1. The van der Waals surface area contributed by atoms with Gasteiger partial charge in [0.05, 0.1) is 5.92 Å². The van der Waals surface area contributed by atoms with Crippen molar-refractivity contribution in [2.75, 3.05) is 0 Å². The van der Waals surface area contributed by atoms with Crippen LogP contribution in [0.4, 0.5) is 0 Å². The SMILES string of the molecule is CCCC(C(=O)O)c1ccccc1I. The molecule has 1 aromatic rings. The van der Waals surface area contributed by atoms with Crippen LogP contribution in [0.25, 0.3) is 0 Å². The molecule has 1 N–H and O–H groups in total. The van der Waals surface area contributed by atoms with Crippen LogP contribution in [-0.4, -0.2) is 11.1 Å². The molecule has 1 unspecified atom stereocenters. The second-order valence-corrected chi connectivity index (χ2v) is 4.36. The maximum Gasteiger partial charge on any atom is 0.311 e. The van der Waals surface area contributed by atoms with Crippen molar-refractivity contribution in [2.24, 2.45) is 0 Å². The topological polar surface area (TPSA) is 37.3 Å². The number of carboxylic acid groups (broad SMARTS) is 1. The van der Waals surface area contributed by atoms with Gasteiger partial charge >= 0.3 is 5.97 Å². The largest absolute Gasteiger partial charge is 0.481 e. The molecule has 76 valence electrons. The molecule has 0 aromatic heterocycles. The number of carboxylic acids is 1. The Balaban J connectivity index is 2.99. The summed E-state index contributed by atoms with van der Waals surface area (Å²) in [5.41, 5.74) is 0.933. The van der Waals surface area contributed by atoms with Crippen LogP contribution in [0, 0.1) is 3.57 Å². The molecule has 0 bridgehead atoms. The van der Waals surface area contributed by atoms with Gasteiger partial charge < -0.3 is 5.11 Å². The molecule has 2 nitrogen and oxygen atoms in total. The van der Waals surface area contributed by atoms with Crippen LogP contribution in [-0.2, 0) is 4.79 Å². The Bertz CT molecular complexity index is 323. The minimum atomic E-state index is -0.726. The average Bonchev–Trinajstić information content (AvgIpc) is 2.15. The van der Waals surface area contributed by atoms with Crippen molar-refractivity contribution >= 4 is 28.6 Å². The molecule has 0 saturated carbocycles. The van der Waals surface area contributed by atoms with Gasteiger partial charge in [0.15, 0.2) is 0 Å². The number of halogens is 1. The lowest BCUT2D eigenvalue weighted by molar-refractivity contribution is -0.139. The van der Waals surface area contributed by atoms with Gasteiger partial charge in [0.1, 0.15) is 0 Å². The quantitative estimate of drug-likeness (QED) is 0.867. The maximum atomic E-state index is 11.0. The normalized spacial score (nSPS) is 12.4. The van der Waals surface area contributed by atoms with Gasteiger partial charge in [-0.25, -0.2) is 0 Å². The molecule has 1 aromatic carbocycles. The molecule has 0 heterocycles. The highest BCUT2D eigenvalue weighted by Gasteiger charge is 2.20. The van der Waals surface area contributed by atoms with E-state index in [2.05, 4.69) is 22.6 Å². The number of hydrogen-bond donors (Lipinski definition) is 1. The number of hydrogen-bond acceptors (Lipinski definition) is 1. The molecule has 0 aliphatic heterocycles. The molecule has 0 amide bonds. The number of rotatable bonds is 4. The van der Waals surface area contributed by atoms with Crippen LogP contribution in [0.1, 0.15) is 31.2 Å². The first-order valence-electron chi connectivity index (χ1n) is 4.64. The highest BCUT2D eigenvalue weighted by Crippen LogP contribution is 2.25. The van der Waals surface area contributed by atoms with E-state index < -0.39 is 5.97 Å². The van der Waals surface area contributed by atoms with E-state index in [1.54, 1.807) is 0 Å². The summed E-state index contributed by atoms with van der Waals surface area (Å²) in [6.07, 6.45) is 1.59. The molecule has 1 rings (SSSR count). The molecule has 14 heavy (non-hydrogen) atoms. The van der Waals surface area contributed by atoms with E-state index in [9.17, 15) is 4.79 Å². The predicted molar refractivity (Wildman–Crippen MR) is 64.4 cm³/mol. The fraction of sp³-hybridized carbons (Fsp3) is 0.364. The van der Waals surface area contributed by atoms with E-state index in [4.69, 9.17) is 5.11 Å². The first-order chi connectivity index (χ1) is 6.66. The van der Waals surface area contributed by atoms with E-state index >= 15 is 0 Å². The van der Waals surface area contributed by atoms with E-state index in [-0.39, 0.29) is 5.92 Å². The van der Waals surface area contributed by atoms with Gasteiger partial charge in [-0.1, -0.05) is 31.5 Å². The third-order valence-electron chi connectivity index (χ3n) is 2.16. The summed E-state index contributed by atoms with van der Waals surface area (Å²) in [6.45, 7) is 2.01. The fourth-order valence-corrected chi connectivity index (χ4v) is 2.22. The average molecular weight is 304 g/mol. The van der Waals surface area contributed by atoms with E-state index in [0.29, 0.717) is 6.42 Å². The van der Waals surface area contributed by atoms with Gasteiger partial charge in [-0.05, 0) is 40.6 Å². The van der Waals surface area contributed by atoms with Crippen molar-refractivity contribution in [2.45, 2.75) is 25.7 Å². The first-order valence-corrected chi connectivity index (χ1v) is 5.72. The zero-order valence-corrected chi connectivity index (χ0v) is 10.2. The van der Waals surface area contributed by atoms with Gasteiger partial charge in [-0.2, -0.15) is 0 Å². The summed E-state index contributed by atoms with van der Waals surface area (Å²) in [6, 6.07) is 7.66. The van der Waals surface area contributed by atoms with Crippen LogP contribution in [0.2, 0.25) is 0 Å². The summed E-state index contributed by atoms with van der Waals surface area (Å²) in [7, 11) is 0. The third-order valence-corrected chi connectivity index (χ3v) is 3.14. The van der Waals surface area contributed by atoms with Gasteiger partial charge in [-0.3, -0.25) is 4.79 Å². The Hall–Kier alpha value is -0.580. The van der Waals surface area contributed by atoms with Crippen LogP contribution in [0.3, 0.4) is 0 Å². The van der Waals surface area contributed by atoms with Crippen molar-refractivity contribution in [1.29, 1.82) is 0 Å². The van der Waals surface area contributed by atoms with Crippen molar-refractivity contribution in [1.82, 2.24) is 0 Å². The highest BCUT2D eigenvalue weighted by molar-refractivity contribution is 14.1. The lowest BCUT2D eigenvalue weighted by Crippen LogP contribution is -2.12. The van der Waals surface area contributed by atoms with Crippen LogP contribution in [0.15, 0.2) is 24.3 Å². The van der Waals surface area contributed by atoms with E-state index in [0.717, 1.165) is 15.6 Å². The monoisotopic (exact) mass is 304 g/mol. The molecule has 3 heteroatoms. The number of carbonyl (C=O) groups is 1. The summed E-state index contributed by atoms with van der Waals surface area (Å²) >= 11 is 2.19. The molecule has 0 saturated heterocycles. The minimum Gasteiger partial charge on any atom is -0.481 e. The Labute approximate surface area is 97.5 Å². The Morgan fingerprint density at radius 2 is 2.14 bits per heavy atom. The van der Waals surface area contributed by atoms with Crippen molar-refractivity contribution in [3.05, 3.63) is 33.4 Å². The summed E-state index contributed by atoms with van der Waals surface area (Å²) in [5.74, 6) is -1.08. The molecule has 1 atom stereocenters. The predicted octanol–water partition coefficient (Wildman–Crippen LogP) is 3.26. The molecule has 0 fully saturated rings. The summed E-state index contributed by atoms with van der Waals surface area (Å²) in [4.78, 5) is 11.0. The standard InChI is InChI=1S/C11H13IO2/c1-2-5-9(11(13)14)8-6-3-4-7-10(8)12/h3-4,6-7,9H,2,5H2,1H3,(H,13,14). The molecule has 0 radical (unpaired) electrons. The second-order valence-electron chi connectivity index (χ2n) is 3.20. The summed E-state index contributed by atoms with van der Waals surface area (Å²) < 4.78 is 1.03. The third kappa shape index (κ3) is 2.70. The zero-order valence-electron chi connectivity index (χ0n) is 8.03. The second kappa shape index (κ2) is 5.34. The lowest BCUT2D eigenvalue weighted by atomic mass is 9.95. The molecule has 0 aliphatic rings. The van der Waals surface area contributed by atoms with Gasteiger partial charge in [-0.15, -0.1) is 0 Å². The Kier molecular flexibility index (Phi) is 4.38. The Morgan fingerprint density at radius 3 is 2.64 bits per heavy atom.